The van der Waals surface area contributed by atoms with Crippen LogP contribution in [-0.4, -0.2) is 29.1 Å². The van der Waals surface area contributed by atoms with Gasteiger partial charge in [0.15, 0.2) is 0 Å². The Morgan fingerprint density at radius 3 is 3.00 bits per heavy atom. The first-order valence-electron chi connectivity index (χ1n) is 6.35. The minimum absolute atomic E-state index is 0.0559. The van der Waals surface area contributed by atoms with Crippen molar-refractivity contribution in [3.63, 3.8) is 0 Å². The zero-order chi connectivity index (χ0) is 13.2. The summed E-state index contributed by atoms with van der Waals surface area (Å²) in [6.45, 7) is 6.57. The summed E-state index contributed by atoms with van der Waals surface area (Å²) in [6, 6.07) is 3.56. The van der Waals surface area contributed by atoms with Crippen molar-refractivity contribution in [3.8, 4) is 0 Å². The summed E-state index contributed by atoms with van der Waals surface area (Å²) in [5.41, 5.74) is 1.33. The van der Waals surface area contributed by atoms with Gasteiger partial charge < -0.3 is 10.1 Å². The number of rotatable bonds is 3. The zero-order valence-electron chi connectivity index (χ0n) is 11.2. The molecule has 0 aromatic carbocycles. The normalized spacial score (nSPS) is 21.8. The summed E-state index contributed by atoms with van der Waals surface area (Å²) in [4.78, 5) is 16.1. The molecule has 2 rings (SSSR count). The maximum absolute atomic E-state index is 12.0. The number of carbonyl (C=O) groups excluding carboxylic acids is 1. The molecule has 4 nitrogen and oxygen atoms in total. The molecule has 1 N–H and O–H groups in total. The number of aromatic nitrogens is 1. The summed E-state index contributed by atoms with van der Waals surface area (Å²) in [5, 5.41) is 2.92. The second-order valence-corrected chi connectivity index (χ2v) is 5.38. The first kappa shape index (κ1) is 13.0. The van der Waals surface area contributed by atoms with Gasteiger partial charge in [0, 0.05) is 18.4 Å². The summed E-state index contributed by atoms with van der Waals surface area (Å²) < 4.78 is 5.83. The standard InChI is InChI=1S/C14H20N2O2/c1-10-12(5-4-8-15-10)13(17)16-9-11-6-7-14(2,3)18-11/h4-5,8,11H,6-7,9H2,1-3H3,(H,16,17). The molecule has 0 spiro atoms. The van der Waals surface area contributed by atoms with E-state index in [0.29, 0.717) is 12.1 Å². The van der Waals surface area contributed by atoms with Crippen LogP contribution < -0.4 is 5.32 Å². The van der Waals surface area contributed by atoms with Crippen molar-refractivity contribution in [3.05, 3.63) is 29.6 Å². The lowest BCUT2D eigenvalue weighted by Gasteiger charge is -2.19. The Bertz CT molecular complexity index is 443. The lowest BCUT2D eigenvalue weighted by Crippen LogP contribution is -2.33. The lowest BCUT2D eigenvalue weighted by atomic mass is 10.1. The van der Waals surface area contributed by atoms with Gasteiger partial charge in [-0.15, -0.1) is 0 Å². The van der Waals surface area contributed by atoms with Gasteiger partial charge >= 0.3 is 0 Å². The van der Waals surface area contributed by atoms with E-state index in [1.165, 1.54) is 0 Å². The van der Waals surface area contributed by atoms with Gasteiger partial charge in [-0.05, 0) is 45.7 Å². The highest BCUT2D eigenvalue weighted by molar-refractivity contribution is 5.95. The number of carbonyl (C=O) groups is 1. The Labute approximate surface area is 108 Å². The van der Waals surface area contributed by atoms with E-state index < -0.39 is 0 Å². The third-order valence-corrected chi connectivity index (χ3v) is 3.30. The molecule has 1 atom stereocenters. The van der Waals surface area contributed by atoms with Crippen molar-refractivity contribution < 1.29 is 9.53 Å². The summed E-state index contributed by atoms with van der Waals surface area (Å²) in [5.74, 6) is -0.0751. The molecule has 1 unspecified atom stereocenters. The number of aryl methyl sites for hydroxylation is 1. The second-order valence-electron chi connectivity index (χ2n) is 5.38. The van der Waals surface area contributed by atoms with E-state index in [1.54, 1.807) is 18.3 Å². The van der Waals surface area contributed by atoms with E-state index in [4.69, 9.17) is 4.74 Å². The predicted octanol–water partition coefficient (Wildman–Crippen LogP) is 2.08. The van der Waals surface area contributed by atoms with Gasteiger partial charge in [-0.1, -0.05) is 0 Å². The van der Waals surface area contributed by atoms with Crippen LogP contribution in [0, 0.1) is 6.92 Å². The number of pyridine rings is 1. The Balaban J connectivity index is 1.88. The molecule has 4 heteroatoms. The van der Waals surface area contributed by atoms with Crippen molar-refractivity contribution in [2.75, 3.05) is 6.54 Å². The fourth-order valence-electron chi connectivity index (χ4n) is 2.25. The Morgan fingerprint density at radius 2 is 2.39 bits per heavy atom. The van der Waals surface area contributed by atoms with Crippen LogP contribution in [0.4, 0.5) is 0 Å². The Kier molecular flexibility index (Phi) is 3.66. The van der Waals surface area contributed by atoms with Crippen molar-refractivity contribution in [1.82, 2.24) is 10.3 Å². The van der Waals surface area contributed by atoms with Gasteiger partial charge in [0.05, 0.1) is 17.3 Å². The van der Waals surface area contributed by atoms with E-state index in [1.807, 2.05) is 6.92 Å². The van der Waals surface area contributed by atoms with Crippen LogP contribution in [0.15, 0.2) is 18.3 Å². The molecule has 98 valence electrons. The van der Waals surface area contributed by atoms with Gasteiger partial charge in [-0.2, -0.15) is 0 Å². The number of amides is 1. The molecule has 1 aromatic heterocycles. The van der Waals surface area contributed by atoms with Crippen molar-refractivity contribution in [1.29, 1.82) is 0 Å². The molecule has 0 aliphatic carbocycles. The van der Waals surface area contributed by atoms with Gasteiger partial charge in [0.2, 0.25) is 0 Å². The molecule has 2 heterocycles. The van der Waals surface area contributed by atoms with E-state index >= 15 is 0 Å². The van der Waals surface area contributed by atoms with Crippen LogP contribution in [0.1, 0.15) is 42.7 Å². The average molecular weight is 248 g/mol. The third-order valence-electron chi connectivity index (χ3n) is 3.30. The highest BCUT2D eigenvalue weighted by Crippen LogP contribution is 2.28. The van der Waals surface area contributed by atoms with Crippen LogP contribution >= 0.6 is 0 Å². The molecule has 1 amide bonds. The molecule has 1 aromatic rings. The van der Waals surface area contributed by atoms with Crippen LogP contribution in [0.3, 0.4) is 0 Å². The number of nitrogens with one attached hydrogen (secondary N) is 1. The highest BCUT2D eigenvalue weighted by Gasteiger charge is 2.31. The fourth-order valence-corrected chi connectivity index (χ4v) is 2.25. The number of hydrogen-bond donors (Lipinski definition) is 1. The third kappa shape index (κ3) is 3.07. The fraction of sp³-hybridized carbons (Fsp3) is 0.571. The van der Waals surface area contributed by atoms with Crippen molar-refractivity contribution in [2.24, 2.45) is 0 Å². The molecule has 0 radical (unpaired) electrons. The van der Waals surface area contributed by atoms with E-state index in [9.17, 15) is 4.79 Å². The maximum Gasteiger partial charge on any atom is 0.253 e. The molecular weight excluding hydrogens is 228 g/mol. The summed E-state index contributed by atoms with van der Waals surface area (Å²) in [7, 11) is 0. The summed E-state index contributed by atoms with van der Waals surface area (Å²) >= 11 is 0. The smallest absolute Gasteiger partial charge is 0.253 e. The second kappa shape index (κ2) is 5.06. The molecule has 18 heavy (non-hydrogen) atoms. The Morgan fingerprint density at radius 1 is 1.61 bits per heavy atom. The molecule has 1 aliphatic heterocycles. The minimum atomic E-state index is -0.0751. The molecule has 0 saturated carbocycles. The average Bonchev–Trinajstić information content (AvgIpc) is 2.66. The topological polar surface area (TPSA) is 51.2 Å². The quantitative estimate of drug-likeness (QED) is 0.891. The van der Waals surface area contributed by atoms with E-state index in [-0.39, 0.29) is 17.6 Å². The first-order chi connectivity index (χ1) is 8.48. The van der Waals surface area contributed by atoms with Gasteiger partial charge in [-0.3, -0.25) is 9.78 Å². The van der Waals surface area contributed by atoms with Crippen LogP contribution in [0.25, 0.3) is 0 Å². The molecule has 1 aliphatic rings. The largest absolute Gasteiger partial charge is 0.371 e. The summed E-state index contributed by atoms with van der Waals surface area (Å²) in [6.07, 6.45) is 3.86. The molecular formula is C14H20N2O2. The minimum Gasteiger partial charge on any atom is -0.371 e. The number of hydrogen-bond acceptors (Lipinski definition) is 3. The number of ether oxygens (including phenoxy) is 1. The molecule has 1 saturated heterocycles. The maximum atomic E-state index is 12.0. The van der Waals surface area contributed by atoms with Crippen LogP contribution in [0.5, 0.6) is 0 Å². The lowest BCUT2D eigenvalue weighted by molar-refractivity contribution is -0.0138. The number of nitrogens with zero attached hydrogens (tertiary/aromatic N) is 1. The van der Waals surface area contributed by atoms with Gasteiger partial charge in [0.25, 0.3) is 5.91 Å². The first-order valence-corrected chi connectivity index (χ1v) is 6.35. The zero-order valence-corrected chi connectivity index (χ0v) is 11.2. The van der Waals surface area contributed by atoms with E-state index in [0.717, 1.165) is 18.5 Å². The predicted molar refractivity (Wildman–Crippen MR) is 69.5 cm³/mol. The SMILES string of the molecule is Cc1ncccc1C(=O)NCC1CCC(C)(C)O1. The van der Waals surface area contributed by atoms with Gasteiger partial charge in [-0.25, -0.2) is 0 Å². The monoisotopic (exact) mass is 248 g/mol. The Hall–Kier alpha value is -1.42. The van der Waals surface area contributed by atoms with E-state index in [2.05, 4.69) is 24.1 Å². The van der Waals surface area contributed by atoms with Crippen molar-refractivity contribution >= 4 is 5.91 Å². The molecule has 1 fully saturated rings. The van der Waals surface area contributed by atoms with Crippen LogP contribution in [-0.2, 0) is 4.74 Å². The van der Waals surface area contributed by atoms with Crippen molar-refractivity contribution in [2.45, 2.75) is 45.3 Å². The van der Waals surface area contributed by atoms with Gasteiger partial charge in [0.1, 0.15) is 0 Å². The highest BCUT2D eigenvalue weighted by atomic mass is 16.5. The van der Waals surface area contributed by atoms with Crippen LogP contribution in [0.2, 0.25) is 0 Å². The molecule has 0 bridgehead atoms.